The topological polar surface area (TPSA) is 46.2 Å². The summed E-state index contributed by atoms with van der Waals surface area (Å²) in [4.78, 5) is 1.70. The summed E-state index contributed by atoms with van der Waals surface area (Å²) in [6.07, 6.45) is 1.23. The first-order chi connectivity index (χ1) is 9.88. The molecule has 0 spiro atoms. The minimum atomic E-state index is -3.12. The summed E-state index contributed by atoms with van der Waals surface area (Å²) < 4.78 is 22.9. The zero-order valence-electron chi connectivity index (χ0n) is 12.5. The van der Waals surface area contributed by atoms with Crippen LogP contribution >= 0.6 is 11.3 Å². The average Bonchev–Trinajstić information content (AvgIpc) is 2.92. The van der Waals surface area contributed by atoms with Crippen molar-refractivity contribution in [2.24, 2.45) is 5.92 Å². The van der Waals surface area contributed by atoms with E-state index in [-0.39, 0.29) is 0 Å². The van der Waals surface area contributed by atoms with Gasteiger partial charge in [-0.3, -0.25) is 0 Å². The molecule has 2 aromatic rings. The lowest BCUT2D eigenvalue weighted by molar-refractivity contribution is 0.416. The predicted octanol–water partition coefficient (Wildman–Crippen LogP) is 3.64. The molecule has 114 valence electrons. The molecule has 5 heteroatoms. The Morgan fingerprint density at radius 2 is 1.81 bits per heavy atom. The summed E-state index contributed by atoms with van der Waals surface area (Å²) in [5.41, 5.74) is 1.09. The molecule has 0 aliphatic rings. The summed E-state index contributed by atoms with van der Waals surface area (Å²) in [6.45, 7) is 5.12. The standard InChI is InChI=1S/C16H21NO2S2/c1-12(2)16(15-5-4-10-20-15)17-11-13-6-8-14(9-7-13)21(3,18)19/h4-10,12,16-17H,11H2,1-3H3. The van der Waals surface area contributed by atoms with E-state index in [4.69, 9.17) is 0 Å². The van der Waals surface area contributed by atoms with E-state index in [1.54, 1.807) is 23.5 Å². The highest BCUT2D eigenvalue weighted by Crippen LogP contribution is 2.26. The molecule has 0 amide bonds. The Bertz CT molecular complexity index is 659. The van der Waals surface area contributed by atoms with Crippen LogP contribution in [-0.2, 0) is 16.4 Å². The smallest absolute Gasteiger partial charge is 0.175 e. The molecule has 0 fully saturated rings. The first-order valence-electron chi connectivity index (χ1n) is 6.93. The predicted molar refractivity (Wildman–Crippen MR) is 88.3 cm³/mol. The van der Waals surface area contributed by atoms with Gasteiger partial charge in [0.15, 0.2) is 9.84 Å². The molecular weight excluding hydrogens is 302 g/mol. The zero-order chi connectivity index (χ0) is 15.5. The quantitative estimate of drug-likeness (QED) is 0.883. The number of sulfone groups is 1. The number of hydrogen-bond acceptors (Lipinski definition) is 4. The van der Waals surface area contributed by atoms with Gasteiger partial charge in [-0.05, 0) is 35.1 Å². The van der Waals surface area contributed by atoms with Gasteiger partial charge >= 0.3 is 0 Å². The fraction of sp³-hybridized carbons (Fsp3) is 0.375. The van der Waals surface area contributed by atoms with Crippen molar-refractivity contribution in [1.29, 1.82) is 0 Å². The van der Waals surface area contributed by atoms with Crippen LogP contribution in [0.2, 0.25) is 0 Å². The summed E-state index contributed by atoms with van der Waals surface area (Å²) in [5.74, 6) is 0.499. The van der Waals surface area contributed by atoms with Crippen molar-refractivity contribution in [2.45, 2.75) is 31.3 Å². The molecule has 0 aliphatic heterocycles. The van der Waals surface area contributed by atoms with Crippen molar-refractivity contribution in [3.05, 3.63) is 52.2 Å². The fourth-order valence-corrected chi connectivity index (χ4v) is 3.82. The first kappa shape index (κ1) is 16.2. The van der Waals surface area contributed by atoms with Gasteiger partial charge < -0.3 is 5.32 Å². The molecule has 0 saturated carbocycles. The molecule has 3 nitrogen and oxygen atoms in total. The molecule has 1 unspecified atom stereocenters. The zero-order valence-corrected chi connectivity index (χ0v) is 14.2. The third-order valence-corrected chi connectivity index (χ3v) is 5.48. The van der Waals surface area contributed by atoms with Gasteiger partial charge in [0, 0.05) is 23.7 Å². The van der Waals surface area contributed by atoms with Crippen LogP contribution in [0.5, 0.6) is 0 Å². The van der Waals surface area contributed by atoms with E-state index in [0.717, 1.165) is 12.1 Å². The van der Waals surface area contributed by atoms with E-state index in [0.29, 0.717) is 16.9 Å². The Morgan fingerprint density at radius 3 is 2.29 bits per heavy atom. The second kappa shape index (κ2) is 6.73. The molecule has 1 N–H and O–H groups in total. The van der Waals surface area contributed by atoms with E-state index in [1.165, 1.54) is 11.1 Å². The third kappa shape index (κ3) is 4.40. The van der Waals surface area contributed by atoms with Gasteiger partial charge in [-0.15, -0.1) is 11.3 Å². The highest BCUT2D eigenvalue weighted by Gasteiger charge is 2.16. The van der Waals surface area contributed by atoms with E-state index in [2.05, 4.69) is 36.7 Å². The van der Waals surface area contributed by atoms with Crippen molar-refractivity contribution in [1.82, 2.24) is 5.32 Å². The van der Waals surface area contributed by atoms with Crippen LogP contribution in [0.3, 0.4) is 0 Å². The van der Waals surface area contributed by atoms with Gasteiger partial charge in [-0.1, -0.05) is 32.0 Å². The molecule has 21 heavy (non-hydrogen) atoms. The van der Waals surface area contributed by atoms with E-state index in [1.807, 2.05) is 12.1 Å². The highest BCUT2D eigenvalue weighted by atomic mass is 32.2. The number of nitrogens with one attached hydrogen (secondary N) is 1. The lowest BCUT2D eigenvalue weighted by Crippen LogP contribution is -2.24. The Hall–Kier alpha value is -1.17. The lowest BCUT2D eigenvalue weighted by Gasteiger charge is -2.21. The van der Waals surface area contributed by atoms with Crippen LogP contribution in [0.25, 0.3) is 0 Å². The Balaban J connectivity index is 2.05. The van der Waals surface area contributed by atoms with Gasteiger partial charge in [0.05, 0.1) is 4.90 Å². The molecule has 1 heterocycles. The molecule has 0 saturated heterocycles. The largest absolute Gasteiger partial charge is 0.305 e. The maximum Gasteiger partial charge on any atom is 0.175 e. The SMILES string of the molecule is CC(C)C(NCc1ccc(S(C)(=O)=O)cc1)c1cccs1. The van der Waals surface area contributed by atoms with Crippen molar-refractivity contribution in [3.8, 4) is 0 Å². The molecule has 0 bridgehead atoms. The van der Waals surface area contributed by atoms with E-state index < -0.39 is 9.84 Å². The lowest BCUT2D eigenvalue weighted by atomic mass is 10.0. The number of benzene rings is 1. The molecule has 1 aromatic carbocycles. The maximum atomic E-state index is 11.4. The molecular formula is C16H21NO2S2. The summed E-state index contributed by atoms with van der Waals surface area (Å²) in [5, 5.41) is 5.65. The molecule has 0 radical (unpaired) electrons. The normalized spacial score (nSPS) is 13.5. The van der Waals surface area contributed by atoms with Crippen LogP contribution in [0.4, 0.5) is 0 Å². The Morgan fingerprint density at radius 1 is 1.14 bits per heavy atom. The monoisotopic (exact) mass is 323 g/mol. The van der Waals surface area contributed by atoms with Gasteiger partial charge in [0.1, 0.15) is 0 Å². The number of thiophene rings is 1. The summed E-state index contributed by atoms with van der Waals surface area (Å²) in [6, 6.07) is 11.6. The Kier molecular flexibility index (Phi) is 5.19. The van der Waals surface area contributed by atoms with Crippen molar-refractivity contribution in [2.75, 3.05) is 6.26 Å². The second-order valence-corrected chi connectivity index (χ2v) is 8.53. The first-order valence-corrected chi connectivity index (χ1v) is 9.71. The summed E-state index contributed by atoms with van der Waals surface area (Å²) >= 11 is 1.76. The molecule has 1 aromatic heterocycles. The van der Waals surface area contributed by atoms with Gasteiger partial charge in [-0.25, -0.2) is 8.42 Å². The van der Waals surface area contributed by atoms with Crippen molar-refractivity contribution in [3.63, 3.8) is 0 Å². The van der Waals surface area contributed by atoms with Crippen LogP contribution < -0.4 is 5.32 Å². The van der Waals surface area contributed by atoms with E-state index in [9.17, 15) is 8.42 Å². The average molecular weight is 323 g/mol. The van der Waals surface area contributed by atoms with Gasteiger partial charge in [-0.2, -0.15) is 0 Å². The molecule has 2 rings (SSSR count). The van der Waals surface area contributed by atoms with Crippen LogP contribution in [-0.4, -0.2) is 14.7 Å². The van der Waals surface area contributed by atoms with Crippen molar-refractivity contribution < 1.29 is 8.42 Å². The minimum Gasteiger partial charge on any atom is -0.305 e. The third-order valence-electron chi connectivity index (χ3n) is 3.39. The minimum absolute atomic E-state index is 0.319. The highest BCUT2D eigenvalue weighted by molar-refractivity contribution is 7.90. The second-order valence-electron chi connectivity index (χ2n) is 5.53. The van der Waals surface area contributed by atoms with Crippen molar-refractivity contribution >= 4 is 21.2 Å². The van der Waals surface area contributed by atoms with Gasteiger partial charge in [0.2, 0.25) is 0 Å². The molecule has 1 atom stereocenters. The van der Waals surface area contributed by atoms with Crippen LogP contribution in [0, 0.1) is 5.92 Å². The van der Waals surface area contributed by atoms with Gasteiger partial charge in [0.25, 0.3) is 0 Å². The van der Waals surface area contributed by atoms with Crippen LogP contribution in [0.15, 0.2) is 46.7 Å². The molecule has 0 aliphatic carbocycles. The maximum absolute atomic E-state index is 11.4. The Labute approximate surface area is 130 Å². The number of hydrogen-bond donors (Lipinski definition) is 1. The number of rotatable bonds is 6. The summed E-state index contributed by atoms with van der Waals surface area (Å²) in [7, 11) is -3.12. The fourth-order valence-electron chi connectivity index (χ4n) is 2.22. The van der Waals surface area contributed by atoms with E-state index >= 15 is 0 Å². The van der Waals surface area contributed by atoms with Crippen LogP contribution in [0.1, 0.15) is 30.3 Å².